The minimum Gasteiger partial charge on any atom is -0.493 e. The predicted molar refractivity (Wildman–Crippen MR) is 103 cm³/mol. The molecule has 0 atom stereocenters. The van der Waals surface area contributed by atoms with E-state index in [0.717, 1.165) is 22.4 Å². The van der Waals surface area contributed by atoms with Gasteiger partial charge in [0.25, 0.3) is 11.8 Å². The molecule has 3 N–H and O–H groups in total. The summed E-state index contributed by atoms with van der Waals surface area (Å²) in [4.78, 5) is 23.8. The SMILES string of the molecule is COc1cc(C(=O)Nc2c(C)cc(C)cc2C)cc(OC)c1OCC(N)=O. The maximum atomic E-state index is 12.8. The van der Waals surface area contributed by atoms with E-state index in [4.69, 9.17) is 19.9 Å². The number of hydrogen-bond acceptors (Lipinski definition) is 5. The molecule has 0 fully saturated rings. The lowest BCUT2D eigenvalue weighted by molar-refractivity contribution is -0.120. The molecule has 0 saturated heterocycles. The number of amides is 2. The molecule has 27 heavy (non-hydrogen) atoms. The Morgan fingerprint density at radius 3 is 1.93 bits per heavy atom. The van der Waals surface area contributed by atoms with Crippen LogP contribution in [-0.4, -0.2) is 32.6 Å². The number of carbonyl (C=O) groups is 2. The summed E-state index contributed by atoms with van der Waals surface area (Å²) in [5.41, 5.74) is 9.28. The topological polar surface area (TPSA) is 99.9 Å². The molecule has 0 heterocycles. The van der Waals surface area contributed by atoms with E-state index >= 15 is 0 Å². The van der Waals surface area contributed by atoms with Crippen LogP contribution in [0.3, 0.4) is 0 Å². The van der Waals surface area contributed by atoms with Crippen LogP contribution >= 0.6 is 0 Å². The Kier molecular flexibility index (Phi) is 6.28. The van der Waals surface area contributed by atoms with Crippen LogP contribution in [0.15, 0.2) is 24.3 Å². The summed E-state index contributed by atoms with van der Waals surface area (Å²) in [6, 6.07) is 7.05. The van der Waals surface area contributed by atoms with Gasteiger partial charge < -0.3 is 25.3 Å². The molecule has 2 aromatic carbocycles. The third-order valence-electron chi connectivity index (χ3n) is 4.00. The number of anilines is 1. The molecule has 0 unspecified atom stereocenters. The van der Waals surface area contributed by atoms with Crippen LogP contribution < -0.4 is 25.3 Å². The zero-order valence-corrected chi connectivity index (χ0v) is 16.1. The van der Waals surface area contributed by atoms with Crippen molar-refractivity contribution < 1.29 is 23.8 Å². The van der Waals surface area contributed by atoms with Crippen molar-refractivity contribution in [1.82, 2.24) is 0 Å². The maximum Gasteiger partial charge on any atom is 0.255 e. The Morgan fingerprint density at radius 1 is 0.963 bits per heavy atom. The lowest BCUT2D eigenvalue weighted by Crippen LogP contribution is -2.20. The predicted octanol–water partition coefficient (Wildman–Crippen LogP) is 2.75. The van der Waals surface area contributed by atoms with Crippen molar-refractivity contribution in [2.24, 2.45) is 5.73 Å². The second kappa shape index (κ2) is 8.44. The van der Waals surface area contributed by atoms with Crippen LogP contribution in [0.25, 0.3) is 0 Å². The molecule has 2 rings (SSSR count). The molecule has 0 aliphatic heterocycles. The van der Waals surface area contributed by atoms with Gasteiger partial charge in [-0.1, -0.05) is 17.7 Å². The number of aryl methyl sites for hydroxylation is 3. The first-order valence-corrected chi connectivity index (χ1v) is 8.33. The van der Waals surface area contributed by atoms with Crippen molar-refractivity contribution in [1.29, 1.82) is 0 Å². The summed E-state index contributed by atoms with van der Waals surface area (Å²) < 4.78 is 15.9. The molecule has 7 nitrogen and oxygen atoms in total. The molecule has 0 radical (unpaired) electrons. The first kappa shape index (κ1) is 20.1. The van der Waals surface area contributed by atoms with Gasteiger partial charge in [0.05, 0.1) is 14.2 Å². The van der Waals surface area contributed by atoms with Gasteiger partial charge in [0.2, 0.25) is 5.75 Å². The molecule has 2 amide bonds. The van der Waals surface area contributed by atoms with E-state index in [1.807, 2.05) is 32.9 Å². The van der Waals surface area contributed by atoms with E-state index in [-0.39, 0.29) is 29.8 Å². The van der Waals surface area contributed by atoms with E-state index in [2.05, 4.69) is 5.32 Å². The van der Waals surface area contributed by atoms with E-state index < -0.39 is 5.91 Å². The van der Waals surface area contributed by atoms with E-state index in [1.54, 1.807) is 0 Å². The highest BCUT2D eigenvalue weighted by Crippen LogP contribution is 2.39. The number of ether oxygens (including phenoxy) is 3. The molecule has 0 aliphatic rings. The molecule has 144 valence electrons. The highest BCUT2D eigenvalue weighted by atomic mass is 16.5. The zero-order valence-electron chi connectivity index (χ0n) is 16.1. The second-order valence-electron chi connectivity index (χ2n) is 6.19. The van der Waals surface area contributed by atoms with Crippen molar-refractivity contribution in [2.45, 2.75) is 20.8 Å². The smallest absolute Gasteiger partial charge is 0.255 e. The largest absolute Gasteiger partial charge is 0.493 e. The van der Waals surface area contributed by atoms with E-state index in [0.29, 0.717) is 5.56 Å². The number of primary amides is 1. The van der Waals surface area contributed by atoms with Crippen LogP contribution in [0.1, 0.15) is 27.0 Å². The number of hydrogen-bond donors (Lipinski definition) is 2. The minimum atomic E-state index is -0.633. The molecule has 0 aromatic heterocycles. The lowest BCUT2D eigenvalue weighted by Gasteiger charge is -2.16. The quantitative estimate of drug-likeness (QED) is 0.778. The Hall–Kier alpha value is -3.22. The monoisotopic (exact) mass is 372 g/mol. The molecule has 0 spiro atoms. The van der Waals surface area contributed by atoms with Gasteiger partial charge in [-0.3, -0.25) is 9.59 Å². The third kappa shape index (κ3) is 4.69. The number of nitrogens with two attached hydrogens (primary N) is 1. The minimum absolute atomic E-state index is 0.207. The van der Waals surface area contributed by atoms with Crippen LogP contribution in [0.5, 0.6) is 17.2 Å². The summed E-state index contributed by atoms with van der Waals surface area (Å²) in [7, 11) is 2.86. The molecular weight excluding hydrogens is 348 g/mol. The highest BCUT2D eigenvalue weighted by molar-refractivity contribution is 6.06. The van der Waals surface area contributed by atoms with Gasteiger partial charge in [-0.15, -0.1) is 0 Å². The summed E-state index contributed by atoms with van der Waals surface area (Å²) >= 11 is 0. The van der Waals surface area contributed by atoms with Gasteiger partial charge in [0, 0.05) is 11.3 Å². The van der Waals surface area contributed by atoms with Gasteiger partial charge in [-0.25, -0.2) is 0 Å². The summed E-state index contributed by atoms with van der Waals surface area (Å²) in [6.07, 6.45) is 0. The molecular formula is C20H24N2O5. The summed E-state index contributed by atoms with van der Waals surface area (Å²) in [5, 5.41) is 2.93. The van der Waals surface area contributed by atoms with Crippen LogP contribution in [-0.2, 0) is 4.79 Å². The van der Waals surface area contributed by atoms with Crippen molar-refractivity contribution in [3.8, 4) is 17.2 Å². The van der Waals surface area contributed by atoms with Gasteiger partial charge >= 0.3 is 0 Å². The van der Waals surface area contributed by atoms with Gasteiger partial charge in [0.15, 0.2) is 18.1 Å². The zero-order chi connectivity index (χ0) is 20.1. The average molecular weight is 372 g/mol. The van der Waals surface area contributed by atoms with E-state index in [9.17, 15) is 9.59 Å². The van der Waals surface area contributed by atoms with Gasteiger partial charge in [0.1, 0.15) is 0 Å². The fraction of sp³-hybridized carbons (Fsp3) is 0.300. The van der Waals surface area contributed by atoms with Crippen LogP contribution in [0, 0.1) is 20.8 Å². The van der Waals surface area contributed by atoms with Crippen molar-refractivity contribution in [3.63, 3.8) is 0 Å². The van der Waals surface area contributed by atoms with E-state index in [1.165, 1.54) is 26.4 Å². The van der Waals surface area contributed by atoms with Crippen molar-refractivity contribution in [3.05, 3.63) is 46.5 Å². The Labute approximate surface area is 158 Å². The number of benzene rings is 2. The fourth-order valence-electron chi connectivity index (χ4n) is 2.86. The van der Waals surface area contributed by atoms with Crippen molar-refractivity contribution >= 4 is 17.5 Å². The Balaban J connectivity index is 2.38. The molecule has 2 aromatic rings. The van der Waals surface area contributed by atoms with Gasteiger partial charge in [-0.05, 0) is 44.0 Å². The summed E-state index contributed by atoms with van der Waals surface area (Å²) in [5.74, 6) is -0.219. The number of rotatable bonds is 7. The number of methoxy groups -OCH3 is 2. The molecule has 0 saturated carbocycles. The summed E-state index contributed by atoms with van der Waals surface area (Å²) in [6.45, 7) is 5.56. The molecule has 0 bridgehead atoms. The molecule has 7 heteroatoms. The normalized spacial score (nSPS) is 10.3. The Morgan fingerprint density at radius 2 is 1.48 bits per heavy atom. The lowest BCUT2D eigenvalue weighted by atomic mass is 10.0. The Bertz CT molecular complexity index is 829. The van der Waals surface area contributed by atoms with Gasteiger partial charge in [-0.2, -0.15) is 0 Å². The van der Waals surface area contributed by atoms with Crippen molar-refractivity contribution in [2.75, 3.05) is 26.1 Å². The first-order chi connectivity index (χ1) is 12.8. The first-order valence-electron chi connectivity index (χ1n) is 8.33. The highest BCUT2D eigenvalue weighted by Gasteiger charge is 2.19. The fourth-order valence-corrected chi connectivity index (χ4v) is 2.86. The van der Waals surface area contributed by atoms with Crippen LogP contribution in [0.2, 0.25) is 0 Å². The number of nitrogens with one attached hydrogen (secondary N) is 1. The molecule has 0 aliphatic carbocycles. The average Bonchev–Trinajstić information content (AvgIpc) is 2.61. The van der Waals surface area contributed by atoms with Crippen LogP contribution in [0.4, 0.5) is 5.69 Å². The maximum absolute atomic E-state index is 12.8. The number of carbonyl (C=O) groups excluding carboxylic acids is 2. The second-order valence-corrected chi connectivity index (χ2v) is 6.19. The third-order valence-corrected chi connectivity index (χ3v) is 4.00. The standard InChI is InChI=1S/C20H24N2O5/c1-11-6-12(2)18(13(3)7-11)22-20(24)14-8-15(25-4)19(16(9-14)26-5)27-10-17(21)23/h6-9H,10H2,1-5H3,(H2,21,23)(H,22,24).